The summed E-state index contributed by atoms with van der Waals surface area (Å²) in [6, 6.07) is 19.6. The van der Waals surface area contributed by atoms with Crippen LogP contribution < -0.4 is 9.64 Å². The number of ether oxygens (including phenoxy) is 4. The molecule has 0 atom stereocenters. The van der Waals surface area contributed by atoms with Gasteiger partial charge < -0.3 is 23.1 Å². The number of hydrogen-bond donors (Lipinski definition) is 0. The van der Waals surface area contributed by atoms with Crippen molar-refractivity contribution >= 4 is 36.0 Å². The predicted octanol–water partition coefficient (Wildman–Crippen LogP) is 7.07. The molecule has 0 saturated heterocycles. The third-order valence-electron chi connectivity index (χ3n) is 5.51. The SMILES string of the molecule is Cc1ccc(SOCCOCCOCCOc2ccc(/C=C/c3ccc(N(C)C(=O)OC(C)(C)C)cc3)cn2)cc1. The van der Waals surface area contributed by atoms with Crippen LogP contribution in [0.5, 0.6) is 5.88 Å². The molecule has 3 aromatic rings. The number of rotatable bonds is 15. The quantitative estimate of drug-likeness (QED) is 0.140. The topological polar surface area (TPSA) is 79.4 Å². The number of pyridine rings is 1. The summed E-state index contributed by atoms with van der Waals surface area (Å²) in [6.45, 7) is 10.5. The number of carbonyl (C=O) groups excluding carboxylic acids is 1. The first-order valence-corrected chi connectivity index (χ1v) is 14.3. The number of aryl methyl sites for hydroxylation is 1. The maximum absolute atomic E-state index is 12.2. The molecule has 0 bridgehead atoms. The molecular formula is C32H40N2O6S. The van der Waals surface area contributed by atoms with E-state index in [0.717, 1.165) is 21.7 Å². The summed E-state index contributed by atoms with van der Waals surface area (Å²) in [4.78, 5) is 19.2. The second-order valence-corrected chi connectivity index (χ2v) is 11.1. The molecule has 0 fully saturated rings. The normalized spacial score (nSPS) is 11.5. The second kappa shape index (κ2) is 16.8. The van der Waals surface area contributed by atoms with Crippen LogP contribution in [0.2, 0.25) is 0 Å². The molecule has 0 aliphatic rings. The Morgan fingerprint density at radius 3 is 2.07 bits per heavy atom. The first-order valence-electron chi connectivity index (χ1n) is 13.5. The van der Waals surface area contributed by atoms with E-state index in [0.29, 0.717) is 45.5 Å². The molecule has 1 heterocycles. The van der Waals surface area contributed by atoms with Gasteiger partial charge in [-0.2, -0.15) is 0 Å². The minimum Gasteiger partial charge on any atom is -0.475 e. The van der Waals surface area contributed by atoms with E-state index in [4.69, 9.17) is 23.1 Å². The molecule has 0 N–H and O–H groups in total. The van der Waals surface area contributed by atoms with E-state index in [1.165, 1.54) is 22.5 Å². The zero-order chi connectivity index (χ0) is 29.5. The molecule has 3 rings (SSSR count). The minimum atomic E-state index is -0.537. The largest absolute Gasteiger partial charge is 0.475 e. The number of aromatic nitrogens is 1. The highest BCUT2D eigenvalue weighted by Gasteiger charge is 2.20. The molecule has 0 aliphatic carbocycles. The first-order chi connectivity index (χ1) is 19.7. The van der Waals surface area contributed by atoms with Gasteiger partial charge in [0.25, 0.3) is 0 Å². The van der Waals surface area contributed by atoms with Crippen LogP contribution in [0.3, 0.4) is 0 Å². The van der Waals surface area contributed by atoms with E-state index in [9.17, 15) is 4.79 Å². The average molecular weight is 581 g/mol. The van der Waals surface area contributed by atoms with Gasteiger partial charge in [-0.25, -0.2) is 9.78 Å². The van der Waals surface area contributed by atoms with Crippen molar-refractivity contribution < 1.29 is 27.9 Å². The maximum Gasteiger partial charge on any atom is 0.414 e. The van der Waals surface area contributed by atoms with Crippen molar-refractivity contribution in [3.05, 3.63) is 83.6 Å². The number of nitrogens with zero attached hydrogens (tertiary/aromatic N) is 2. The molecule has 41 heavy (non-hydrogen) atoms. The van der Waals surface area contributed by atoms with Crippen LogP contribution in [0.25, 0.3) is 12.2 Å². The zero-order valence-corrected chi connectivity index (χ0v) is 25.3. The smallest absolute Gasteiger partial charge is 0.414 e. The summed E-state index contributed by atoms with van der Waals surface area (Å²) in [5, 5.41) is 0. The molecule has 9 heteroatoms. The molecule has 2 aromatic carbocycles. The van der Waals surface area contributed by atoms with Gasteiger partial charge in [0.1, 0.15) is 12.2 Å². The molecule has 8 nitrogen and oxygen atoms in total. The summed E-state index contributed by atoms with van der Waals surface area (Å²) in [7, 11) is 1.70. The molecule has 1 amide bonds. The van der Waals surface area contributed by atoms with Gasteiger partial charge in [0.05, 0.1) is 33.0 Å². The van der Waals surface area contributed by atoms with Gasteiger partial charge in [0.15, 0.2) is 0 Å². The molecule has 0 spiro atoms. The summed E-state index contributed by atoms with van der Waals surface area (Å²) in [5.74, 6) is 0.541. The minimum absolute atomic E-state index is 0.389. The van der Waals surface area contributed by atoms with E-state index < -0.39 is 5.60 Å². The number of anilines is 1. The zero-order valence-electron chi connectivity index (χ0n) is 24.5. The summed E-state index contributed by atoms with van der Waals surface area (Å²) >= 11 is 1.36. The fourth-order valence-corrected chi connectivity index (χ4v) is 3.87. The Kier molecular flexibility index (Phi) is 13.2. The van der Waals surface area contributed by atoms with Gasteiger partial charge >= 0.3 is 6.09 Å². The number of carbonyl (C=O) groups is 1. The standard InChI is InChI=1S/C32H40N2O6S/c1-25-6-15-29(16-7-25)41-39-23-21-37-19-18-36-20-22-38-30-17-12-27(24-33-30)9-8-26-10-13-28(14-11-26)34(5)31(35)40-32(2,3)4/h6-17,24H,18-23H2,1-5H3/b9-8+. The molecule has 220 valence electrons. The van der Waals surface area contributed by atoms with Gasteiger partial charge in [-0.15, -0.1) is 0 Å². The lowest BCUT2D eigenvalue weighted by atomic mass is 10.1. The molecule has 0 aliphatic heterocycles. The lowest BCUT2D eigenvalue weighted by Crippen LogP contribution is -2.34. The van der Waals surface area contributed by atoms with Gasteiger partial charge in [-0.3, -0.25) is 4.90 Å². The van der Waals surface area contributed by atoms with E-state index in [1.54, 1.807) is 13.2 Å². The molecule has 0 radical (unpaired) electrons. The summed E-state index contributed by atoms with van der Waals surface area (Å²) < 4.78 is 27.7. The Labute approximate surface area is 247 Å². The van der Waals surface area contributed by atoms with E-state index >= 15 is 0 Å². The van der Waals surface area contributed by atoms with Crippen molar-refractivity contribution in [1.29, 1.82) is 0 Å². The molecule has 0 saturated carbocycles. The van der Waals surface area contributed by atoms with Crippen molar-refractivity contribution in [3.8, 4) is 5.88 Å². The third-order valence-corrected chi connectivity index (χ3v) is 6.26. The van der Waals surface area contributed by atoms with Crippen LogP contribution in [0.1, 0.15) is 37.5 Å². The van der Waals surface area contributed by atoms with Crippen molar-refractivity contribution in [2.75, 3.05) is 51.6 Å². The number of amides is 1. The van der Waals surface area contributed by atoms with E-state index in [1.807, 2.05) is 81.5 Å². The van der Waals surface area contributed by atoms with Crippen molar-refractivity contribution in [2.45, 2.75) is 38.2 Å². The Morgan fingerprint density at radius 2 is 1.44 bits per heavy atom. The highest BCUT2D eigenvalue weighted by atomic mass is 32.2. The van der Waals surface area contributed by atoms with Gasteiger partial charge in [0.2, 0.25) is 5.88 Å². The molecular weight excluding hydrogens is 540 g/mol. The van der Waals surface area contributed by atoms with Crippen LogP contribution in [0.4, 0.5) is 10.5 Å². The fourth-order valence-electron chi connectivity index (χ4n) is 3.34. The number of hydrogen-bond acceptors (Lipinski definition) is 8. The summed E-state index contributed by atoms with van der Waals surface area (Å²) in [6.07, 6.45) is 5.32. The Bertz CT molecular complexity index is 1210. The van der Waals surface area contributed by atoms with Crippen molar-refractivity contribution in [1.82, 2.24) is 4.98 Å². The lowest BCUT2D eigenvalue weighted by molar-refractivity contribution is 0.0287. The Balaban J connectivity index is 1.25. The predicted molar refractivity (Wildman–Crippen MR) is 164 cm³/mol. The fraction of sp³-hybridized carbons (Fsp3) is 0.375. The Hall–Kier alpha value is -3.37. The van der Waals surface area contributed by atoms with Crippen LogP contribution in [0, 0.1) is 6.92 Å². The van der Waals surface area contributed by atoms with Crippen LogP contribution in [0.15, 0.2) is 71.8 Å². The van der Waals surface area contributed by atoms with Crippen molar-refractivity contribution in [3.63, 3.8) is 0 Å². The average Bonchev–Trinajstić information content (AvgIpc) is 2.95. The Morgan fingerprint density at radius 1 is 0.829 bits per heavy atom. The highest BCUT2D eigenvalue weighted by Crippen LogP contribution is 2.20. The molecule has 1 aromatic heterocycles. The third kappa shape index (κ3) is 12.8. The summed E-state index contributed by atoms with van der Waals surface area (Å²) in [5.41, 5.74) is 3.40. The second-order valence-electron chi connectivity index (χ2n) is 10.2. The van der Waals surface area contributed by atoms with Crippen LogP contribution >= 0.6 is 12.0 Å². The number of benzene rings is 2. The highest BCUT2D eigenvalue weighted by molar-refractivity contribution is 7.94. The monoisotopic (exact) mass is 580 g/mol. The van der Waals surface area contributed by atoms with Gasteiger partial charge in [-0.05, 0) is 69.2 Å². The van der Waals surface area contributed by atoms with Crippen LogP contribution in [-0.4, -0.2) is 63.4 Å². The van der Waals surface area contributed by atoms with Crippen molar-refractivity contribution in [2.24, 2.45) is 0 Å². The first kappa shape index (κ1) is 32.1. The van der Waals surface area contributed by atoms with E-state index in [-0.39, 0.29) is 6.09 Å². The van der Waals surface area contributed by atoms with Crippen LogP contribution in [-0.2, 0) is 18.4 Å². The van der Waals surface area contributed by atoms with E-state index in [2.05, 4.69) is 24.0 Å². The van der Waals surface area contributed by atoms with Gasteiger partial charge in [0, 0.05) is 41.9 Å². The van der Waals surface area contributed by atoms with Gasteiger partial charge in [-0.1, -0.05) is 42.0 Å². The molecule has 0 unspecified atom stereocenters. The lowest BCUT2D eigenvalue weighted by Gasteiger charge is -2.24. The maximum atomic E-state index is 12.2.